The molecule has 0 radical (unpaired) electrons. The molecule has 0 unspecified atom stereocenters. The average Bonchev–Trinajstić information content (AvgIpc) is 1.33. The first-order valence-corrected chi connectivity index (χ1v) is 49.8. The van der Waals surface area contributed by atoms with Crippen LogP contribution in [-0.4, -0.2) is 0 Å². The van der Waals surface area contributed by atoms with E-state index in [2.05, 4.69) is 470 Å². The summed E-state index contributed by atoms with van der Waals surface area (Å²) in [7, 11) is 0. The van der Waals surface area contributed by atoms with E-state index in [1.165, 1.54) is 178 Å². The van der Waals surface area contributed by atoms with E-state index in [9.17, 15) is 0 Å². The fourth-order valence-corrected chi connectivity index (χ4v) is 25.9. The molecule has 8 heteroatoms. The van der Waals surface area contributed by atoms with Crippen LogP contribution < -0.4 is 19.6 Å². The molecule has 0 saturated carbocycles. The van der Waals surface area contributed by atoms with E-state index in [1.807, 2.05) is 0 Å². The number of benzene rings is 22. The molecule has 0 spiro atoms. The Morgan fingerprint density at radius 3 is 0.796 bits per heavy atom. The highest BCUT2D eigenvalue weighted by Crippen LogP contribution is 2.59. The third-order valence-corrected chi connectivity index (χ3v) is 31.6. The summed E-state index contributed by atoms with van der Waals surface area (Å²) in [4.78, 5) is 9.73. The Morgan fingerprint density at radius 1 is 0.211 bits per heavy atom. The van der Waals surface area contributed by atoms with Crippen molar-refractivity contribution in [2.45, 2.75) is 122 Å². The Kier molecular flexibility index (Phi) is 18.4. The quantitative estimate of drug-likeness (QED) is 0.126. The largest absolute Gasteiger partial charge is 0.455 e. The van der Waals surface area contributed by atoms with Gasteiger partial charge in [-0.25, -0.2) is 0 Å². The molecule has 6 heterocycles. The van der Waals surface area contributed by atoms with Gasteiger partial charge < -0.3 is 37.3 Å². The highest BCUT2D eigenvalue weighted by molar-refractivity contribution is 6.39. The molecule has 26 aromatic rings. The van der Waals surface area contributed by atoms with Crippen LogP contribution in [0.3, 0.4) is 0 Å². The predicted octanol–water partition coefficient (Wildman–Crippen LogP) is 39.0. The van der Waals surface area contributed by atoms with Gasteiger partial charge in [0.1, 0.15) is 44.7 Å². The van der Waals surface area contributed by atoms with Gasteiger partial charge in [0.2, 0.25) is 0 Å². The Hall–Kier alpha value is -16.7. The Labute approximate surface area is 824 Å². The lowest BCUT2D eigenvalue weighted by molar-refractivity contribution is 0.631. The maximum atomic E-state index is 7.31. The smallest absolute Gasteiger partial charge is 0.143 e. The molecule has 0 amide bonds. The number of hydrogen-bond acceptors (Lipinski definition) is 8. The van der Waals surface area contributed by atoms with Crippen molar-refractivity contribution in [2.24, 2.45) is 0 Å². The van der Waals surface area contributed by atoms with E-state index in [4.69, 9.17) is 17.7 Å². The van der Waals surface area contributed by atoms with Crippen LogP contribution >= 0.6 is 0 Å². The van der Waals surface area contributed by atoms with Crippen molar-refractivity contribution in [3.8, 4) is 22.3 Å². The number of furan rings is 4. The molecule has 2 aliphatic heterocycles. The van der Waals surface area contributed by atoms with Crippen molar-refractivity contribution in [1.29, 1.82) is 0 Å². The molecule has 0 bridgehead atoms. The minimum absolute atomic E-state index is 0.154. The molecule has 684 valence electrons. The molecule has 0 fully saturated rings. The highest BCUT2D eigenvalue weighted by atomic mass is 16.3. The third-order valence-electron chi connectivity index (χ3n) is 31.6. The van der Waals surface area contributed by atoms with Crippen molar-refractivity contribution in [3.05, 3.63) is 429 Å². The van der Waals surface area contributed by atoms with E-state index >= 15 is 0 Å². The Bertz CT molecular complexity index is 9050. The number of fused-ring (bicyclic) bond motifs is 20. The summed E-state index contributed by atoms with van der Waals surface area (Å²) < 4.78 is 28.8. The minimum Gasteiger partial charge on any atom is -0.455 e. The fourth-order valence-electron chi connectivity index (χ4n) is 25.9. The first-order valence-electron chi connectivity index (χ1n) is 49.8. The molecular weight excluding hydrogens is 1730 g/mol. The van der Waals surface area contributed by atoms with E-state index in [0.717, 1.165) is 154 Å². The number of hydrogen-bond donors (Lipinski definition) is 0. The van der Waals surface area contributed by atoms with Gasteiger partial charge in [-0.05, 0) is 315 Å². The van der Waals surface area contributed by atoms with Crippen LogP contribution in [0.5, 0.6) is 0 Å². The van der Waals surface area contributed by atoms with Crippen LogP contribution in [0.1, 0.15) is 117 Å². The number of para-hydroxylation sites is 4. The van der Waals surface area contributed by atoms with Gasteiger partial charge in [-0.2, -0.15) is 0 Å². The second-order valence-electron chi connectivity index (χ2n) is 41.7. The highest BCUT2D eigenvalue weighted by Gasteiger charge is 2.40. The lowest BCUT2D eigenvalue weighted by Crippen LogP contribution is -2.30. The van der Waals surface area contributed by atoms with E-state index in [-0.39, 0.29) is 10.8 Å². The van der Waals surface area contributed by atoms with Crippen LogP contribution in [0.2, 0.25) is 0 Å². The maximum Gasteiger partial charge on any atom is 0.143 e. The summed E-state index contributed by atoms with van der Waals surface area (Å²) >= 11 is 0. The zero-order valence-corrected chi connectivity index (χ0v) is 82.8. The Morgan fingerprint density at radius 2 is 0.479 bits per heavy atom. The average molecular weight is 1830 g/mol. The van der Waals surface area contributed by atoms with Gasteiger partial charge in [0.25, 0.3) is 0 Å². The lowest BCUT2D eigenvalue weighted by Gasteiger charge is -2.41. The van der Waals surface area contributed by atoms with Crippen LogP contribution in [0, 0.1) is 83.1 Å². The standard InChI is InChI=1S/C70H48N2O2.C64H56N2O2/c1-69(2)55-23-11-15-27-59(55)71(60-28-16-12-24-56(60)69)43-31-33-45-51-39-49-48(42-21-9-6-10-22-42)38-54-66-50(47(41-19-7-5-8-20-41)37-53(65(49)66)67(51)73-63(45)35-43)40-52-46-34-32-44(36-64(46)74-68(52)54)72-61-29-17-13-25-57(61)70(3,4)58-26-14-18-30-62(58)72;1-33-21-37(5)59(38(6)22-33)65(60-39(7)23-34(2)24-40(60)8)47-15-19-49-53-29-45-14-18-52-58-46(13-17-51(57(45)58)63(53)67-55(49)31-47)30-54-50-20-16-48(32-56(50)68-64(52)54)66(61-41(9)25-35(3)26-42(61)10)62-43(11)27-36(4)28-44(62)12/h5-40H,1-4H3;13-32H,1-12H3. The van der Waals surface area contributed by atoms with Crippen molar-refractivity contribution < 1.29 is 17.7 Å². The summed E-state index contributed by atoms with van der Waals surface area (Å²) in [6.07, 6.45) is 0. The van der Waals surface area contributed by atoms with Gasteiger partial charge in [0.15, 0.2) is 0 Å². The number of rotatable bonds is 10. The number of anilines is 12. The maximum absolute atomic E-state index is 7.31. The molecule has 28 rings (SSSR count). The molecule has 0 aliphatic carbocycles. The summed E-state index contributed by atoms with van der Waals surface area (Å²) in [5.74, 6) is 0. The lowest BCUT2D eigenvalue weighted by atomic mass is 9.73. The summed E-state index contributed by atoms with van der Waals surface area (Å²) in [5.41, 5.74) is 45.5. The summed E-state index contributed by atoms with van der Waals surface area (Å²) in [5, 5.41) is 22.8. The van der Waals surface area contributed by atoms with Crippen LogP contribution in [0.4, 0.5) is 68.2 Å². The Balaban J connectivity index is 0.000000143. The molecule has 2 aliphatic rings. The van der Waals surface area contributed by atoms with Gasteiger partial charge in [0.05, 0.1) is 45.5 Å². The number of aryl methyl sites for hydroxylation is 12. The van der Waals surface area contributed by atoms with Gasteiger partial charge in [-0.1, -0.05) is 244 Å². The van der Waals surface area contributed by atoms with Crippen molar-refractivity contribution >= 4 is 221 Å². The molecule has 8 nitrogen and oxygen atoms in total. The van der Waals surface area contributed by atoms with Gasteiger partial charge >= 0.3 is 0 Å². The molecule has 142 heavy (non-hydrogen) atoms. The fraction of sp³-hybridized carbons (Fsp3) is 0.134. The van der Waals surface area contributed by atoms with Crippen molar-refractivity contribution in [3.63, 3.8) is 0 Å². The second-order valence-corrected chi connectivity index (χ2v) is 41.7. The minimum atomic E-state index is -0.154. The molecule has 0 saturated heterocycles. The number of nitrogens with zero attached hydrogens (tertiary/aromatic N) is 4. The first-order chi connectivity index (χ1) is 68.8. The van der Waals surface area contributed by atoms with Gasteiger partial charge in [0, 0.05) is 144 Å². The summed E-state index contributed by atoms with van der Waals surface area (Å²) in [6.45, 7) is 35.9. The van der Waals surface area contributed by atoms with Crippen LogP contribution in [-0.2, 0) is 10.8 Å². The molecular formula is C134H104N4O4. The zero-order valence-electron chi connectivity index (χ0n) is 82.8. The SMILES string of the molecule is CC1(C)c2ccccc2N(c2ccc3c(c2)oc2c3cc3c(-c4ccccc4)cc4c5oc6cc(N7c8ccccc8C(C)(C)c8ccccc87)ccc6c5cc5c(-c6ccccc6)cc2c3c54)c2ccccc21.Cc1cc(C)c(N(c2ccc3c(c2)oc2c3cc3ccc4c5oc6cc(N(c7c(C)cc(C)cc7C)c7c(C)cc(C)cc7C)ccc6c5cc5ccc2c3c54)c2c(C)cc(C)cc2C)c(C)c1. The third kappa shape index (κ3) is 12.4. The second kappa shape index (κ2) is 30.9. The van der Waals surface area contributed by atoms with Crippen LogP contribution in [0.15, 0.2) is 357 Å². The van der Waals surface area contributed by atoms with E-state index in [0.29, 0.717) is 0 Å². The molecule has 0 N–H and O–H groups in total. The molecule has 4 aromatic heterocycles. The first kappa shape index (κ1) is 84.6. The molecule has 0 atom stereocenters. The predicted molar refractivity (Wildman–Crippen MR) is 600 cm³/mol. The molecule has 22 aromatic carbocycles. The van der Waals surface area contributed by atoms with Gasteiger partial charge in [-0.3, -0.25) is 0 Å². The van der Waals surface area contributed by atoms with E-state index in [1.54, 1.807) is 0 Å². The van der Waals surface area contributed by atoms with Crippen molar-refractivity contribution in [1.82, 2.24) is 0 Å². The monoisotopic (exact) mass is 1830 g/mol. The van der Waals surface area contributed by atoms with E-state index < -0.39 is 0 Å². The summed E-state index contributed by atoms with van der Waals surface area (Å²) in [6, 6.07) is 126. The zero-order chi connectivity index (χ0) is 96.4. The normalized spacial score (nSPS) is 13.4. The topological polar surface area (TPSA) is 65.5 Å². The van der Waals surface area contributed by atoms with Gasteiger partial charge in [-0.15, -0.1) is 0 Å². The van der Waals surface area contributed by atoms with Crippen molar-refractivity contribution in [2.75, 3.05) is 19.6 Å². The van der Waals surface area contributed by atoms with Crippen LogP contribution in [0.25, 0.3) is 175 Å².